The number of aliphatic hydroxyl groups excluding tert-OH is 1. The van der Waals surface area contributed by atoms with Crippen LogP contribution >= 0.6 is 0 Å². The number of para-hydroxylation sites is 1. The number of carbonyl (C=O) groups is 4. The zero-order valence-corrected chi connectivity index (χ0v) is 29.6. The Labute approximate surface area is 294 Å². The Kier molecular flexibility index (Phi) is 12.2. The maximum Gasteiger partial charge on any atom is 0.308 e. The molecule has 5 rings (SSSR count). The molecule has 1 aliphatic carbocycles. The van der Waals surface area contributed by atoms with E-state index in [0.717, 1.165) is 36.6 Å². The van der Waals surface area contributed by atoms with Crippen LogP contribution in [-0.2, 0) is 25.5 Å². The number of esters is 1. The van der Waals surface area contributed by atoms with Gasteiger partial charge < -0.3 is 25.8 Å². The second-order valence-electron chi connectivity index (χ2n) is 14.8. The molecule has 1 aromatic heterocycles. The van der Waals surface area contributed by atoms with Gasteiger partial charge in [-0.2, -0.15) is 0 Å². The smallest absolute Gasteiger partial charge is 0.308 e. The normalized spacial score (nSPS) is 21.3. The molecule has 1 saturated carbocycles. The zero-order valence-electron chi connectivity index (χ0n) is 29.6. The van der Waals surface area contributed by atoms with E-state index in [-0.39, 0.29) is 24.6 Å². The SMILES string of the molecule is COC(=O)C[C@H](NC(=O)c1ccc2ccccc2n1)C(=O)N[C@@H](Cc1ccccc1)[C@H](O)CN1C[C@H]2CCCC[C@H]2C[C@H]1C(=O)NC(C)(C)C. The number of hydrogen-bond acceptors (Lipinski definition) is 8. The van der Waals surface area contributed by atoms with Crippen LogP contribution in [0.5, 0.6) is 0 Å². The summed E-state index contributed by atoms with van der Waals surface area (Å²) < 4.78 is 4.86. The van der Waals surface area contributed by atoms with Gasteiger partial charge in [0.15, 0.2) is 0 Å². The van der Waals surface area contributed by atoms with E-state index in [9.17, 15) is 24.3 Å². The Balaban J connectivity index is 1.36. The van der Waals surface area contributed by atoms with Crippen molar-refractivity contribution in [2.24, 2.45) is 11.8 Å². The largest absolute Gasteiger partial charge is 0.469 e. The summed E-state index contributed by atoms with van der Waals surface area (Å²) in [6, 6.07) is 17.7. The first-order chi connectivity index (χ1) is 23.9. The number of nitrogens with zero attached hydrogens (tertiary/aromatic N) is 2. The molecule has 6 atom stereocenters. The van der Waals surface area contributed by atoms with Crippen LogP contribution in [0.15, 0.2) is 66.7 Å². The molecular formula is C39H51N5O6. The third-order valence-electron chi connectivity index (χ3n) is 9.87. The monoisotopic (exact) mass is 685 g/mol. The van der Waals surface area contributed by atoms with Crippen LogP contribution in [0.3, 0.4) is 0 Å². The highest BCUT2D eigenvalue weighted by molar-refractivity contribution is 5.98. The minimum absolute atomic E-state index is 0.0551. The first-order valence-corrected chi connectivity index (χ1v) is 17.7. The molecule has 2 heterocycles. The fourth-order valence-corrected chi connectivity index (χ4v) is 7.31. The first-order valence-electron chi connectivity index (χ1n) is 17.7. The molecular weight excluding hydrogens is 634 g/mol. The van der Waals surface area contributed by atoms with Gasteiger partial charge in [0.1, 0.15) is 11.7 Å². The number of β-amino-alcohol motifs (C(OH)–C–C–N with tert-alkyl or cyclic N) is 1. The Bertz CT molecular complexity index is 1640. The molecule has 4 N–H and O–H groups in total. The number of hydrogen-bond donors (Lipinski definition) is 4. The predicted molar refractivity (Wildman–Crippen MR) is 191 cm³/mol. The summed E-state index contributed by atoms with van der Waals surface area (Å²) in [4.78, 5) is 59.9. The molecule has 0 bridgehead atoms. The van der Waals surface area contributed by atoms with Gasteiger partial charge in [0.2, 0.25) is 11.8 Å². The van der Waals surface area contributed by atoms with E-state index in [2.05, 4.69) is 25.8 Å². The summed E-state index contributed by atoms with van der Waals surface area (Å²) >= 11 is 0. The van der Waals surface area contributed by atoms with Crippen molar-refractivity contribution in [1.29, 1.82) is 0 Å². The lowest BCUT2D eigenvalue weighted by atomic mass is 9.72. The van der Waals surface area contributed by atoms with E-state index >= 15 is 0 Å². The standard InChI is InChI=1S/C39H51N5O6/c1-39(2,3)43-38(49)33-21-27-15-8-9-16-28(27)23-44(33)24-34(45)31(20-25-12-6-5-7-13-25)41-37(48)32(22-35(46)50-4)42-36(47)30-19-18-26-14-10-11-17-29(26)40-30/h5-7,10-14,17-19,27-28,31-34,45H,8-9,15-16,20-24H2,1-4H3,(H,41,48)(H,42,47)(H,43,49)/t27-,28+,31-,32-,33-,34+/m0/s1. The van der Waals surface area contributed by atoms with Crippen molar-refractivity contribution in [3.8, 4) is 0 Å². The Hall–Kier alpha value is -4.35. The number of ether oxygens (including phenoxy) is 1. The summed E-state index contributed by atoms with van der Waals surface area (Å²) in [5.41, 5.74) is 1.19. The van der Waals surface area contributed by atoms with Crippen LogP contribution in [0.2, 0.25) is 0 Å². The van der Waals surface area contributed by atoms with Gasteiger partial charge in [-0.05, 0) is 69.6 Å². The highest BCUT2D eigenvalue weighted by Gasteiger charge is 2.42. The summed E-state index contributed by atoms with van der Waals surface area (Å²) in [7, 11) is 1.22. The minimum Gasteiger partial charge on any atom is -0.469 e. The summed E-state index contributed by atoms with van der Waals surface area (Å²) in [5, 5.41) is 21.5. The van der Waals surface area contributed by atoms with Gasteiger partial charge in [0, 0.05) is 24.0 Å². The van der Waals surface area contributed by atoms with Crippen molar-refractivity contribution in [2.75, 3.05) is 20.2 Å². The van der Waals surface area contributed by atoms with Gasteiger partial charge in [0.05, 0.1) is 37.2 Å². The van der Waals surface area contributed by atoms with Crippen LogP contribution in [-0.4, -0.2) is 88.6 Å². The summed E-state index contributed by atoms with van der Waals surface area (Å²) in [6.07, 6.45) is 4.06. The molecule has 11 heteroatoms. The van der Waals surface area contributed by atoms with E-state index < -0.39 is 54.0 Å². The minimum atomic E-state index is -1.29. The molecule has 1 saturated heterocycles. The fraction of sp³-hybridized carbons (Fsp3) is 0.513. The number of rotatable bonds is 12. The predicted octanol–water partition coefficient (Wildman–Crippen LogP) is 3.78. The number of methoxy groups -OCH3 is 1. The molecule has 0 spiro atoms. The zero-order chi connectivity index (χ0) is 35.8. The van der Waals surface area contributed by atoms with E-state index in [1.54, 1.807) is 18.2 Å². The van der Waals surface area contributed by atoms with Crippen LogP contribution < -0.4 is 16.0 Å². The number of aromatic nitrogens is 1. The molecule has 2 aromatic carbocycles. The molecule has 3 amide bonds. The Morgan fingerprint density at radius 2 is 1.64 bits per heavy atom. The van der Waals surface area contributed by atoms with E-state index in [0.29, 0.717) is 23.9 Å². The highest BCUT2D eigenvalue weighted by Crippen LogP contribution is 2.39. The number of amides is 3. The lowest BCUT2D eigenvalue weighted by Gasteiger charge is -2.47. The van der Waals surface area contributed by atoms with Crippen LogP contribution in [0, 0.1) is 11.8 Å². The van der Waals surface area contributed by atoms with Crippen LogP contribution in [0.1, 0.15) is 75.3 Å². The van der Waals surface area contributed by atoms with Gasteiger partial charge in [-0.3, -0.25) is 24.1 Å². The maximum absolute atomic E-state index is 13.9. The van der Waals surface area contributed by atoms with Crippen molar-refractivity contribution in [2.45, 2.75) is 95.5 Å². The number of aliphatic hydroxyl groups is 1. The van der Waals surface area contributed by atoms with Gasteiger partial charge in [-0.25, -0.2) is 4.98 Å². The third-order valence-corrected chi connectivity index (χ3v) is 9.87. The molecule has 2 fully saturated rings. The van der Waals surface area contributed by atoms with Crippen molar-refractivity contribution >= 4 is 34.6 Å². The van der Waals surface area contributed by atoms with Crippen LogP contribution in [0.25, 0.3) is 10.9 Å². The number of likely N-dealkylation sites (tertiary alicyclic amines) is 1. The lowest BCUT2D eigenvalue weighted by molar-refractivity contribution is -0.143. The fourth-order valence-electron chi connectivity index (χ4n) is 7.31. The third kappa shape index (κ3) is 9.88. The number of nitrogens with one attached hydrogen (secondary N) is 3. The van der Waals surface area contributed by atoms with Gasteiger partial charge in [-0.15, -0.1) is 0 Å². The molecule has 0 radical (unpaired) electrons. The number of carbonyl (C=O) groups excluding carboxylic acids is 4. The molecule has 2 aliphatic rings. The summed E-state index contributed by atoms with van der Waals surface area (Å²) in [6.45, 7) is 6.73. The second kappa shape index (κ2) is 16.6. The quantitative estimate of drug-likeness (QED) is 0.211. The van der Waals surface area contributed by atoms with Crippen molar-refractivity contribution in [1.82, 2.24) is 25.8 Å². The maximum atomic E-state index is 13.9. The average molecular weight is 686 g/mol. The average Bonchev–Trinajstić information content (AvgIpc) is 3.10. The first kappa shape index (κ1) is 36.9. The van der Waals surface area contributed by atoms with Gasteiger partial charge in [0.25, 0.3) is 5.91 Å². The Morgan fingerprint density at radius 1 is 0.940 bits per heavy atom. The van der Waals surface area contributed by atoms with Gasteiger partial charge in [-0.1, -0.05) is 73.9 Å². The molecule has 0 unspecified atom stereocenters. The lowest BCUT2D eigenvalue weighted by Crippen LogP contribution is -2.61. The topological polar surface area (TPSA) is 150 Å². The Morgan fingerprint density at radius 3 is 2.36 bits per heavy atom. The van der Waals surface area contributed by atoms with E-state index in [1.807, 2.05) is 69.3 Å². The van der Waals surface area contributed by atoms with Crippen molar-refractivity contribution in [3.05, 3.63) is 78.0 Å². The summed E-state index contributed by atoms with van der Waals surface area (Å²) in [5.74, 6) is -1.09. The number of benzene rings is 2. The number of pyridine rings is 1. The molecule has 1 aliphatic heterocycles. The second-order valence-corrected chi connectivity index (χ2v) is 14.8. The molecule has 50 heavy (non-hydrogen) atoms. The molecule has 3 aromatic rings. The van der Waals surface area contributed by atoms with E-state index in [1.165, 1.54) is 13.5 Å². The number of piperidine rings is 1. The molecule has 11 nitrogen and oxygen atoms in total. The van der Waals surface area contributed by atoms with Crippen LogP contribution in [0.4, 0.5) is 0 Å². The number of fused-ring (bicyclic) bond motifs is 2. The van der Waals surface area contributed by atoms with E-state index in [4.69, 9.17) is 4.74 Å². The molecule has 268 valence electrons. The van der Waals surface area contributed by atoms with Crippen molar-refractivity contribution < 1.29 is 29.0 Å². The van der Waals surface area contributed by atoms with Gasteiger partial charge >= 0.3 is 5.97 Å². The van der Waals surface area contributed by atoms with Crippen molar-refractivity contribution in [3.63, 3.8) is 0 Å². The highest BCUT2D eigenvalue weighted by atomic mass is 16.5.